The van der Waals surface area contributed by atoms with E-state index in [0.717, 1.165) is 32.7 Å². The summed E-state index contributed by atoms with van der Waals surface area (Å²) in [5, 5.41) is 3.16. The van der Waals surface area contributed by atoms with Gasteiger partial charge in [0.15, 0.2) is 0 Å². The fraction of sp³-hybridized carbons (Fsp3) is 0.900. The molecule has 0 radical (unpaired) electrons. The van der Waals surface area contributed by atoms with Crippen molar-refractivity contribution in [3.8, 4) is 0 Å². The lowest BCUT2D eigenvalue weighted by molar-refractivity contribution is -0.128. The number of hydrogen-bond donors (Lipinski definition) is 1. The quantitative estimate of drug-likeness (QED) is 0.582. The summed E-state index contributed by atoms with van der Waals surface area (Å²) in [5.74, 6) is 0.159. The Balaban J connectivity index is 3.10. The zero-order chi connectivity index (χ0) is 10.8. The van der Waals surface area contributed by atoms with Crippen LogP contribution in [0.3, 0.4) is 0 Å². The van der Waals surface area contributed by atoms with E-state index in [1.165, 1.54) is 0 Å². The van der Waals surface area contributed by atoms with Crippen molar-refractivity contribution < 1.29 is 9.53 Å². The molecule has 0 bridgehead atoms. The number of ether oxygens (including phenoxy) is 1. The number of nitrogens with zero attached hydrogens (tertiary/aromatic N) is 1. The largest absolute Gasteiger partial charge is 0.380 e. The number of rotatable bonds is 8. The minimum absolute atomic E-state index is 0.159. The molecule has 0 aromatic rings. The molecule has 0 aromatic heterocycles. The lowest BCUT2D eigenvalue weighted by Gasteiger charge is -2.10. The normalized spacial score (nSPS) is 10.2. The molecule has 1 N–H and O–H groups in total. The van der Waals surface area contributed by atoms with Crippen LogP contribution >= 0.6 is 0 Å². The first kappa shape index (κ1) is 13.4. The Morgan fingerprint density at radius 2 is 2.00 bits per heavy atom. The molecule has 0 heterocycles. The van der Waals surface area contributed by atoms with E-state index in [9.17, 15) is 4.79 Å². The molecule has 0 unspecified atom stereocenters. The molecule has 1 amide bonds. The highest BCUT2D eigenvalue weighted by molar-refractivity contribution is 5.75. The highest BCUT2D eigenvalue weighted by atomic mass is 16.5. The molecule has 0 spiro atoms. The van der Waals surface area contributed by atoms with E-state index in [1.54, 1.807) is 19.0 Å². The first-order chi connectivity index (χ1) is 6.68. The van der Waals surface area contributed by atoms with E-state index < -0.39 is 0 Å². The molecule has 14 heavy (non-hydrogen) atoms. The second kappa shape index (κ2) is 8.97. The van der Waals surface area contributed by atoms with Crippen molar-refractivity contribution >= 4 is 5.91 Å². The van der Waals surface area contributed by atoms with Gasteiger partial charge in [0.1, 0.15) is 0 Å². The van der Waals surface area contributed by atoms with Gasteiger partial charge >= 0.3 is 0 Å². The van der Waals surface area contributed by atoms with Crippen LogP contribution in [0.4, 0.5) is 0 Å². The lowest BCUT2D eigenvalue weighted by Crippen LogP contribution is -2.28. The van der Waals surface area contributed by atoms with Crippen molar-refractivity contribution in [2.24, 2.45) is 0 Å². The molecular formula is C10H22N2O2. The lowest BCUT2D eigenvalue weighted by atomic mass is 10.4. The summed E-state index contributed by atoms with van der Waals surface area (Å²) in [6.45, 7) is 5.18. The molecule has 0 saturated heterocycles. The van der Waals surface area contributed by atoms with E-state index in [4.69, 9.17) is 4.74 Å². The fourth-order valence-electron chi connectivity index (χ4n) is 0.935. The number of carbonyl (C=O) groups excluding carboxylic acids is 1. The topological polar surface area (TPSA) is 41.6 Å². The Morgan fingerprint density at radius 3 is 2.57 bits per heavy atom. The molecule has 0 saturated carbocycles. The van der Waals surface area contributed by atoms with Crippen molar-refractivity contribution in [3.05, 3.63) is 0 Å². The number of amides is 1. The molecule has 4 nitrogen and oxygen atoms in total. The summed E-state index contributed by atoms with van der Waals surface area (Å²) in [6.07, 6.45) is 1.61. The smallest absolute Gasteiger partial charge is 0.223 e. The van der Waals surface area contributed by atoms with E-state index in [-0.39, 0.29) is 5.91 Å². The summed E-state index contributed by atoms with van der Waals surface area (Å²) in [4.78, 5) is 12.7. The summed E-state index contributed by atoms with van der Waals surface area (Å²) < 4.78 is 5.28. The van der Waals surface area contributed by atoms with Gasteiger partial charge in [-0.05, 0) is 6.42 Å². The third kappa shape index (κ3) is 8.01. The van der Waals surface area contributed by atoms with Crippen molar-refractivity contribution in [2.45, 2.75) is 19.8 Å². The van der Waals surface area contributed by atoms with Crippen molar-refractivity contribution in [2.75, 3.05) is 40.4 Å². The van der Waals surface area contributed by atoms with Crippen LogP contribution in [0.15, 0.2) is 0 Å². The SMILES string of the molecule is CCCOCCNCCC(=O)N(C)C. The van der Waals surface area contributed by atoms with Crippen LogP contribution in [-0.4, -0.2) is 51.2 Å². The van der Waals surface area contributed by atoms with Crippen LogP contribution in [0, 0.1) is 0 Å². The molecule has 0 fully saturated rings. The summed E-state index contributed by atoms with van der Waals surface area (Å²) >= 11 is 0. The average Bonchev–Trinajstić information content (AvgIpc) is 2.16. The monoisotopic (exact) mass is 202 g/mol. The number of hydrogen-bond acceptors (Lipinski definition) is 3. The van der Waals surface area contributed by atoms with E-state index >= 15 is 0 Å². The molecular weight excluding hydrogens is 180 g/mol. The predicted molar refractivity (Wildman–Crippen MR) is 57.3 cm³/mol. The van der Waals surface area contributed by atoms with Crippen LogP contribution in [0.5, 0.6) is 0 Å². The Labute approximate surface area is 86.6 Å². The Morgan fingerprint density at radius 1 is 1.29 bits per heavy atom. The Bertz CT molecular complexity index is 149. The van der Waals surface area contributed by atoms with Crippen LogP contribution in [0.25, 0.3) is 0 Å². The summed E-state index contributed by atoms with van der Waals surface area (Å²) in [6, 6.07) is 0. The van der Waals surface area contributed by atoms with Gasteiger partial charge in [0, 0.05) is 40.2 Å². The van der Waals surface area contributed by atoms with Gasteiger partial charge in [-0.1, -0.05) is 6.92 Å². The van der Waals surface area contributed by atoms with E-state index in [1.807, 2.05) is 0 Å². The minimum Gasteiger partial charge on any atom is -0.380 e. The Hall–Kier alpha value is -0.610. The molecule has 0 aliphatic heterocycles. The van der Waals surface area contributed by atoms with Gasteiger partial charge in [-0.15, -0.1) is 0 Å². The van der Waals surface area contributed by atoms with Gasteiger partial charge in [0.25, 0.3) is 0 Å². The van der Waals surface area contributed by atoms with Crippen LogP contribution in [0.1, 0.15) is 19.8 Å². The number of nitrogens with one attached hydrogen (secondary N) is 1. The number of carbonyl (C=O) groups is 1. The maximum Gasteiger partial charge on any atom is 0.223 e. The van der Waals surface area contributed by atoms with Crippen LogP contribution in [-0.2, 0) is 9.53 Å². The van der Waals surface area contributed by atoms with Crippen molar-refractivity contribution in [1.82, 2.24) is 10.2 Å². The molecule has 4 heteroatoms. The van der Waals surface area contributed by atoms with E-state index in [2.05, 4.69) is 12.2 Å². The first-order valence-electron chi connectivity index (χ1n) is 5.17. The molecule has 0 aliphatic rings. The van der Waals surface area contributed by atoms with Crippen molar-refractivity contribution in [3.63, 3.8) is 0 Å². The van der Waals surface area contributed by atoms with Crippen molar-refractivity contribution in [1.29, 1.82) is 0 Å². The van der Waals surface area contributed by atoms with Gasteiger partial charge in [-0.2, -0.15) is 0 Å². The minimum atomic E-state index is 0.159. The maximum atomic E-state index is 11.1. The standard InChI is InChI=1S/C10H22N2O2/c1-4-8-14-9-7-11-6-5-10(13)12(2)3/h11H,4-9H2,1-3H3. The zero-order valence-corrected chi connectivity index (χ0v) is 9.51. The molecule has 0 aliphatic carbocycles. The first-order valence-corrected chi connectivity index (χ1v) is 5.17. The molecule has 0 aromatic carbocycles. The second-order valence-corrected chi connectivity index (χ2v) is 3.40. The van der Waals surface area contributed by atoms with E-state index in [0.29, 0.717) is 6.42 Å². The Kier molecular flexibility index (Phi) is 8.57. The van der Waals surface area contributed by atoms with Gasteiger partial charge < -0.3 is 15.0 Å². The molecule has 0 rings (SSSR count). The second-order valence-electron chi connectivity index (χ2n) is 3.40. The third-order valence-electron chi connectivity index (χ3n) is 1.79. The summed E-state index contributed by atoms with van der Waals surface area (Å²) in [5.41, 5.74) is 0. The van der Waals surface area contributed by atoms with Crippen LogP contribution in [0.2, 0.25) is 0 Å². The maximum absolute atomic E-state index is 11.1. The fourth-order valence-corrected chi connectivity index (χ4v) is 0.935. The summed E-state index contributed by atoms with van der Waals surface area (Å²) in [7, 11) is 3.54. The van der Waals surface area contributed by atoms with Gasteiger partial charge in [0.05, 0.1) is 6.61 Å². The van der Waals surface area contributed by atoms with Crippen LogP contribution < -0.4 is 5.32 Å². The highest BCUT2D eigenvalue weighted by Crippen LogP contribution is 1.84. The van der Waals surface area contributed by atoms with Gasteiger partial charge in [-0.3, -0.25) is 4.79 Å². The van der Waals surface area contributed by atoms with Gasteiger partial charge in [0.2, 0.25) is 5.91 Å². The molecule has 84 valence electrons. The highest BCUT2D eigenvalue weighted by Gasteiger charge is 2.01. The zero-order valence-electron chi connectivity index (χ0n) is 9.51. The van der Waals surface area contributed by atoms with Gasteiger partial charge in [-0.25, -0.2) is 0 Å². The predicted octanol–water partition coefficient (Wildman–Crippen LogP) is 0.481. The molecule has 0 atom stereocenters. The average molecular weight is 202 g/mol. The third-order valence-corrected chi connectivity index (χ3v) is 1.79.